The predicted octanol–water partition coefficient (Wildman–Crippen LogP) is 1.87. The predicted molar refractivity (Wildman–Crippen MR) is 55.3 cm³/mol. The van der Waals surface area contributed by atoms with Crippen molar-refractivity contribution in [3.05, 3.63) is 23.5 Å². The summed E-state index contributed by atoms with van der Waals surface area (Å²) in [5.74, 6) is 0.0628. The minimum atomic E-state index is 0.0423. The van der Waals surface area contributed by atoms with Crippen molar-refractivity contribution in [3.63, 3.8) is 0 Å². The Kier molecular flexibility index (Phi) is 1.84. The van der Waals surface area contributed by atoms with E-state index in [0.717, 1.165) is 16.9 Å². The highest BCUT2D eigenvalue weighted by Gasteiger charge is 2.22. The van der Waals surface area contributed by atoms with Crippen molar-refractivity contribution in [1.29, 1.82) is 0 Å². The first-order valence-corrected chi connectivity index (χ1v) is 4.76. The molecule has 1 aromatic rings. The van der Waals surface area contributed by atoms with Crippen LogP contribution in [0.4, 0.5) is 5.69 Å². The molecule has 0 spiro atoms. The molecule has 14 heavy (non-hydrogen) atoms. The summed E-state index contributed by atoms with van der Waals surface area (Å²) in [6.07, 6.45) is 2.24. The summed E-state index contributed by atoms with van der Waals surface area (Å²) in [7, 11) is 0. The highest BCUT2D eigenvalue weighted by Crippen LogP contribution is 2.27. The highest BCUT2D eigenvalue weighted by molar-refractivity contribution is 5.98. The maximum Gasteiger partial charge on any atom is 0.228 e. The van der Waals surface area contributed by atoms with Crippen LogP contribution in [0.1, 0.15) is 32.0 Å². The lowest BCUT2D eigenvalue weighted by Gasteiger charge is -2.18. The molecular weight excluding hydrogens is 176 g/mol. The smallest absolute Gasteiger partial charge is 0.228 e. The quantitative estimate of drug-likeness (QED) is 0.678. The molecular formula is C11H14N2O. The van der Waals surface area contributed by atoms with Crippen LogP contribution >= 0.6 is 0 Å². The summed E-state index contributed by atoms with van der Waals surface area (Å²) in [5.41, 5.74) is 3.01. The molecule has 1 aliphatic heterocycles. The van der Waals surface area contributed by atoms with Gasteiger partial charge >= 0.3 is 0 Å². The number of aromatic nitrogens is 1. The molecule has 3 heteroatoms. The van der Waals surface area contributed by atoms with Gasteiger partial charge in [-0.15, -0.1) is 0 Å². The average Bonchev–Trinajstić information content (AvgIpc) is 2.41. The number of hydrogen-bond acceptors (Lipinski definition) is 2. The molecule has 0 aromatic carbocycles. The lowest BCUT2D eigenvalue weighted by molar-refractivity contribution is -0.115. The van der Waals surface area contributed by atoms with Crippen molar-refractivity contribution in [2.45, 2.75) is 32.6 Å². The summed E-state index contributed by atoms with van der Waals surface area (Å²) in [6.45, 7) is 6.35. The van der Waals surface area contributed by atoms with Gasteiger partial charge in [0, 0.05) is 11.1 Å². The Balaban J connectivity index is 2.43. The third-order valence-corrected chi connectivity index (χ3v) is 2.38. The van der Waals surface area contributed by atoms with Gasteiger partial charge in [0.05, 0.1) is 18.3 Å². The van der Waals surface area contributed by atoms with Crippen molar-refractivity contribution >= 4 is 11.6 Å². The van der Waals surface area contributed by atoms with Gasteiger partial charge in [0.2, 0.25) is 5.91 Å². The largest absolute Gasteiger partial charge is 0.324 e. The number of nitrogens with one attached hydrogen (secondary N) is 1. The summed E-state index contributed by atoms with van der Waals surface area (Å²) in [6, 6.07) is 2.02. The fourth-order valence-corrected chi connectivity index (χ4v) is 1.53. The van der Waals surface area contributed by atoms with Gasteiger partial charge in [-0.3, -0.25) is 9.78 Å². The van der Waals surface area contributed by atoms with E-state index < -0.39 is 0 Å². The van der Waals surface area contributed by atoms with Gasteiger partial charge in [-0.05, 0) is 11.6 Å². The molecule has 3 nitrogen and oxygen atoms in total. The fourth-order valence-electron chi connectivity index (χ4n) is 1.53. The zero-order chi connectivity index (χ0) is 10.3. The van der Waals surface area contributed by atoms with E-state index in [1.54, 1.807) is 6.20 Å². The van der Waals surface area contributed by atoms with Crippen LogP contribution in [0.3, 0.4) is 0 Å². The molecule has 2 heterocycles. The molecule has 1 aliphatic rings. The average molecular weight is 190 g/mol. The molecule has 2 rings (SSSR count). The second-order valence-electron chi connectivity index (χ2n) is 4.70. The molecule has 0 unspecified atom stereocenters. The van der Waals surface area contributed by atoms with Crippen molar-refractivity contribution in [2.24, 2.45) is 0 Å². The van der Waals surface area contributed by atoms with Crippen LogP contribution in [0.2, 0.25) is 0 Å². The Labute approximate surface area is 83.5 Å². The number of fused-ring (bicyclic) bond motifs is 1. The lowest BCUT2D eigenvalue weighted by atomic mass is 9.90. The number of carbonyl (C=O) groups is 1. The Morgan fingerprint density at radius 2 is 2.14 bits per heavy atom. The molecule has 0 aliphatic carbocycles. The van der Waals surface area contributed by atoms with Crippen LogP contribution < -0.4 is 5.32 Å². The number of amides is 1. The van der Waals surface area contributed by atoms with E-state index in [1.165, 1.54) is 0 Å². The molecule has 0 saturated carbocycles. The van der Waals surface area contributed by atoms with Gasteiger partial charge < -0.3 is 5.32 Å². The topological polar surface area (TPSA) is 42.0 Å². The number of nitrogens with zero attached hydrogens (tertiary/aromatic N) is 1. The van der Waals surface area contributed by atoms with E-state index in [0.29, 0.717) is 6.42 Å². The summed E-state index contributed by atoms with van der Waals surface area (Å²) < 4.78 is 0. The first-order valence-electron chi connectivity index (χ1n) is 4.76. The standard InChI is InChI=1S/C11H14N2O/c1-11(2,3)9-4-7-5-10(14)13-8(7)6-12-9/h4,6H,5H2,1-3H3,(H,13,14). The minimum Gasteiger partial charge on any atom is -0.324 e. The molecule has 1 N–H and O–H groups in total. The van der Waals surface area contributed by atoms with E-state index in [9.17, 15) is 4.79 Å². The fraction of sp³-hybridized carbons (Fsp3) is 0.455. The van der Waals surface area contributed by atoms with Crippen LogP contribution in [0.15, 0.2) is 12.3 Å². The maximum absolute atomic E-state index is 11.1. The molecule has 0 saturated heterocycles. The number of carbonyl (C=O) groups excluding carboxylic acids is 1. The SMILES string of the molecule is CC(C)(C)c1cc2c(cn1)NC(=O)C2. The molecule has 1 amide bonds. The zero-order valence-corrected chi connectivity index (χ0v) is 8.72. The van der Waals surface area contributed by atoms with Gasteiger partial charge in [-0.1, -0.05) is 20.8 Å². The minimum absolute atomic E-state index is 0.0423. The number of hydrogen-bond donors (Lipinski definition) is 1. The molecule has 0 fully saturated rings. The number of anilines is 1. The first-order chi connectivity index (χ1) is 6.47. The van der Waals surface area contributed by atoms with Crippen LogP contribution in [-0.4, -0.2) is 10.9 Å². The van der Waals surface area contributed by atoms with Gasteiger partial charge in [0.25, 0.3) is 0 Å². The third kappa shape index (κ3) is 1.50. The lowest BCUT2D eigenvalue weighted by Crippen LogP contribution is -2.13. The molecule has 0 bridgehead atoms. The summed E-state index contributed by atoms with van der Waals surface area (Å²) in [5, 5.41) is 2.77. The Hall–Kier alpha value is -1.38. The van der Waals surface area contributed by atoms with E-state index in [4.69, 9.17) is 0 Å². The molecule has 74 valence electrons. The summed E-state index contributed by atoms with van der Waals surface area (Å²) >= 11 is 0. The van der Waals surface area contributed by atoms with Crippen LogP contribution in [-0.2, 0) is 16.6 Å². The van der Waals surface area contributed by atoms with Gasteiger partial charge in [-0.25, -0.2) is 0 Å². The van der Waals surface area contributed by atoms with Crippen LogP contribution in [0.5, 0.6) is 0 Å². The van der Waals surface area contributed by atoms with Gasteiger partial charge in [0.15, 0.2) is 0 Å². The second-order valence-corrected chi connectivity index (χ2v) is 4.70. The van der Waals surface area contributed by atoms with Crippen molar-refractivity contribution in [2.75, 3.05) is 5.32 Å². The summed E-state index contributed by atoms with van der Waals surface area (Å²) in [4.78, 5) is 15.5. The van der Waals surface area contributed by atoms with Crippen molar-refractivity contribution < 1.29 is 4.79 Å². The first kappa shape index (κ1) is 9.19. The molecule has 1 aromatic heterocycles. The van der Waals surface area contributed by atoms with Gasteiger partial charge in [-0.2, -0.15) is 0 Å². The molecule has 0 atom stereocenters. The number of pyridine rings is 1. The normalized spacial score (nSPS) is 15.2. The van der Waals surface area contributed by atoms with Crippen molar-refractivity contribution in [1.82, 2.24) is 4.98 Å². The van der Waals surface area contributed by atoms with E-state index in [2.05, 4.69) is 31.1 Å². The third-order valence-electron chi connectivity index (χ3n) is 2.38. The van der Waals surface area contributed by atoms with E-state index >= 15 is 0 Å². The van der Waals surface area contributed by atoms with E-state index in [-0.39, 0.29) is 11.3 Å². The van der Waals surface area contributed by atoms with Gasteiger partial charge in [0.1, 0.15) is 0 Å². The van der Waals surface area contributed by atoms with E-state index in [1.807, 2.05) is 6.07 Å². The Bertz CT molecular complexity index is 391. The Morgan fingerprint density at radius 1 is 1.43 bits per heavy atom. The monoisotopic (exact) mass is 190 g/mol. The van der Waals surface area contributed by atoms with Crippen molar-refractivity contribution in [3.8, 4) is 0 Å². The number of rotatable bonds is 0. The molecule has 0 radical (unpaired) electrons. The highest BCUT2D eigenvalue weighted by atomic mass is 16.1. The zero-order valence-electron chi connectivity index (χ0n) is 8.72. The van der Waals surface area contributed by atoms with Crippen LogP contribution in [0.25, 0.3) is 0 Å². The second kappa shape index (κ2) is 2.80. The Morgan fingerprint density at radius 3 is 2.79 bits per heavy atom. The maximum atomic E-state index is 11.1. The van der Waals surface area contributed by atoms with Crippen LogP contribution in [0, 0.1) is 0 Å².